The normalized spacial score (nSPS) is 18.1. The van der Waals surface area contributed by atoms with Crippen molar-refractivity contribution in [2.45, 2.75) is 51.7 Å². The van der Waals surface area contributed by atoms with Crippen molar-refractivity contribution in [3.63, 3.8) is 0 Å². The summed E-state index contributed by atoms with van der Waals surface area (Å²) in [6.45, 7) is 0.653. The van der Waals surface area contributed by atoms with Gasteiger partial charge in [0.15, 0.2) is 0 Å². The minimum absolute atomic E-state index is 0.00537. The monoisotopic (exact) mass is 326 g/mol. The summed E-state index contributed by atoms with van der Waals surface area (Å²) in [6, 6.07) is 6.84. The second kappa shape index (κ2) is 8.70. The highest BCUT2D eigenvalue weighted by Gasteiger charge is 2.24. The number of carbonyl (C=O) groups is 1. The molecule has 4 nitrogen and oxygen atoms in total. The van der Waals surface area contributed by atoms with Crippen molar-refractivity contribution >= 4 is 6.03 Å². The van der Waals surface area contributed by atoms with Crippen molar-refractivity contribution in [3.05, 3.63) is 29.8 Å². The third-order valence-electron chi connectivity index (χ3n) is 4.20. The standard InChI is InChI=1S/C17H24F2N2O2/c1-2-14-5-3-4-12-21(14)17(22)20-11-10-13-6-8-15(9-7-13)23-16(18)19/h6-9,14,16H,2-5,10-12H2,1H3,(H,20,22). The first kappa shape index (κ1) is 17.5. The highest BCUT2D eigenvalue weighted by atomic mass is 19.3. The number of hydrogen-bond acceptors (Lipinski definition) is 2. The molecule has 0 radical (unpaired) electrons. The Labute approximate surface area is 135 Å². The minimum atomic E-state index is -2.81. The zero-order valence-electron chi connectivity index (χ0n) is 13.4. The second-order valence-electron chi connectivity index (χ2n) is 5.76. The fourth-order valence-corrected chi connectivity index (χ4v) is 2.95. The summed E-state index contributed by atoms with van der Waals surface area (Å²) in [5, 5.41) is 2.95. The summed E-state index contributed by atoms with van der Waals surface area (Å²) >= 11 is 0. The smallest absolute Gasteiger partial charge is 0.387 e. The summed E-state index contributed by atoms with van der Waals surface area (Å²) in [6.07, 6.45) is 4.98. The first-order chi connectivity index (χ1) is 11.1. The number of hydrogen-bond donors (Lipinski definition) is 1. The molecule has 0 bridgehead atoms. The number of urea groups is 1. The van der Waals surface area contributed by atoms with E-state index >= 15 is 0 Å². The summed E-state index contributed by atoms with van der Waals surface area (Å²) in [5.41, 5.74) is 0.970. The molecule has 23 heavy (non-hydrogen) atoms. The SMILES string of the molecule is CCC1CCCCN1C(=O)NCCc1ccc(OC(F)F)cc1. The zero-order valence-corrected chi connectivity index (χ0v) is 13.4. The van der Waals surface area contributed by atoms with E-state index in [4.69, 9.17) is 0 Å². The fourth-order valence-electron chi connectivity index (χ4n) is 2.95. The number of nitrogens with zero attached hydrogens (tertiary/aromatic N) is 1. The van der Waals surface area contributed by atoms with Crippen molar-refractivity contribution in [1.82, 2.24) is 10.2 Å². The number of piperidine rings is 1. The number of nitrogens with one attached hydrogen (secondary N) is 1. The molecular weight excluding hydrogens is 302 g/mol. The highest BCUT2D eigenvalue weighted by molar-refractivity contribution is 5.74. The Morgan fingerprint density at radius 2 is 2.09 bits per heavy atom. The van der Waals surface area contributed by atoms with E-state index in [1.54, 1.807) is 12.1 Å². The van der Waals surface area contributed by atoms with Crippen molar-refractivity contribution in [3.8, 4) is 5.75 Å². The number of amides is 2. The summed E-state index contributed by atoms with van der Waals surface area (Å²) in [7, 11) is 0. The molecule has 1 aromatic rings. The Balaban J connectivity index is 1.76. The molecule has 0 aliphatic carbocycles. The van der Waals surface area contributed by atoms with Crippen LogP contribution in [0, 0.1) is 0 Å². The number of alkyl halides is 2. The van der Waals surface area contributed by atoms with Crippen molar-refractivity contribution < 1.29 is 18.3 Å². The van der Waals surface area contributed by atoms with Gasteiger partial charge in [0.1, 0.15) is 5.75 Å². The number of halogens is 2. The van der Waals surface area contributed by atoms with Gasteiger partial charge in [0.2, 0.25) is 0 Å². The van der Waals surface area contributed by atoms with Gasteiger partial charge in [-0.1, -0.05) is 19.1 Å². The van der Waals surface area contributed by atoms with Gasteiger partial charge in [-0.3, -0.25) is 0 Å². The predicted octanol–water partition coefficient (Wildman–Crippen LogP) is 3.80. The molecule has 1 unspecified atom stereocenters. The maximum absolute atomic E-state index is 12.2. The van der Waals surface area contributed by atoms with Crippen LogP contribution in [0.25, 0.3) is 0 Å². The molecular formula is C17H24F2N2O2. The first-order valence-corrected chi connectivity index (χ1v) is 8.18. The van der Waals surface area contributed by atoms with Crippen LogP contribution in [0.3, 0.4) is 0 Å². The summed E-state index contributed by atoms with van der Waals surface area (Å²) < 4.78 is 28.5. The zero-order chi connectivity index (χ0) is 16.7. The fraction of sp³-hybridized carbons (Fsp3) is 0.588. The topological polar surface area (TPSA) is 41.6 Å². The molecule has 1 N–H and O–H groups in total. The van der Waals surface area contributed by atoms with Gasteiger partial charge in [-0.15, -0.1) is 0 Å². The van der Waals surface area contributed by atoms with Gasteiger partial charge in [0.25, 0.3) is 0 Å². The van der Waals surface area contributed by atoms with Crippen molar-refractivity contribution in [2.75, 3.05) is 13.1 Å². The molecule has 128 valence electrons. The van der Waals surface area contributed by atoms with E-state index in [0.29, 0.717) is 19.0 Å². The molecule has 1 aromatic carbocycles. The van der Waals surface area contributed by atoms with E-state index in [-0.39, 0.29) is 11.8 Å². The number of likely N-dealkylation sites (tertiary alicyclic amines) is 1. The molecule has 0 spiro atoms. The first-order valence-electron chi connectivity index (χ1n) is 8.18. The number of carbonyl (C=O) groups excluding carboxylic acids is 1. The van der Waals surface area contributed by atoms with E-state index in [1.807, 2.05) is 4.90 Å². The van der Waals surface area contributed by atoms with Gasteiger partial charge < -0.3 is 15.0 Å². The largest absolute Gasteiger partial charge is 0.435 e. The van der Waals surface area contributed by atoms with E-state index in [2.05, 4.69) is 17.0 Å². The molecule has 1 atom stereocenters. The van der Waals surface area contributed by atoms with Gasteiger partial charge in [-0.25, -0.2) is 4.79 Å². The molecule has 1 saturated heterocycles. The van der Waals surface area contributed by atoms with E-state index in [0.717, 1.165) is 31.4 Å². The van der Waals surface area contributed by atoms with E-state index < -0.39 is 6.61 Å². The number of rotatable bonds is 6. The Kier molecular flexibility index (Phi) is 6.62. The average Bonchev–Trinajstić information content (AvgIpc) is 2.55. The lowest BCUT2D eigenvalue weighted by Crippen LogP contribution is -2.48. The van der Waals surface area contributed by atoms with Crippen molar-refractivity contribution in [1.29, 1.82) is 0 Å². The van der Waals surface area contributed by atoms with Gasteiger partial charge in [0, 0.05) is 19.1 Å². The van der Waals surface area contributed by atoms with Crippen LogP contribution in [0.2, 0.25) is 0 Å². The van der Waals surface area contributed by atoms with Crippen molar-refractivity contribution in [2.24, 2.45) is 0 Å². The van der Waals surface area contributed by atoms with Gasteiger partial charge in [-0.2, -0.15) is 8.78 Å². The lowest BCUT2D eigenvalue weighted by molar-refractivity contribution is -0.0498. The lowest BCUT2D eigenvalue weighted by atomic mass is 10.0. The van der Waals surface area contributed by atoms with Gasteiger partial charge >= 0.3 is 12.6 Å². The van der Waals surface area contributed by atoms with Crippen LogP contribution in [0.15, 0.2) is 24.3 Å². The molecule has 0 aromatic heterocycles. The lowest BCUT2D eigenvalue weighted by Gasteiger charge is -2.35. The van der Waals surface area contributed by atoms with Crippen LogP contribution in [-0.2, 0) is 6.42 Å². The average molecular weight is 326 g/mol. The van der Waals surface area contributed by atoms with Gasteiger partial charge in [-0.05, 0) is 49.8 Å². The Bertz CT molecular complexity index is 494. The minimum Gasteiger partial charge on any atom is -0.435 e. The molecule has 1 aliphatic heterocycles. The molecule has 1 aliphatic rings. The third-order valence-corrected chi connectivity index (χ3v) is 4.20. The maximum Gasteiger partial charge on any atom is 0.387 e. The highest BCUT2D eigenvalue weighted by Crippen LogP contribution is 2.19. The molecule has 1 fully saturated rings. The third kappa shape index (κ3) is 5.37. The van der Waals surface area contributed by atoms with E-state index in [9.17, 15) is 13.6 Å². The van der Waals surface area contributed by atoms with Crippen LogP contribution >= 0.6 is 0 Å². The summed E-state index contributed by atoms with van der Waals surface area (Å²) in [5.74, 6) is 0.145. The Morgan fingerprint density at radius 1 is 1.35 bits per heavy atom. The number of benzene rings is 1. The van der Waals surface area contributed by atoms with Gasteiger partial charge in [0.05, 0.1) is 0 Å². The van der Waals surface area contributed by atoms with Crippen LogP contribution in [0.5, 0.6) is 5.75 Å². The Hall–Kier alpha value is -1.85. The molecule has 1 heterocycles. The van der Waals surface area contributed by atoms with Crippen LogP contribution in [0.4, 0.5) is 13.6 Å². The van der Waals surface area contributed by atoms with E-state index in [1.165, 1.54) is 18.6 Å². The molecule has 0 saturated carbocycles. The molecule has 6 heteroatoms. The van der Waals surface area contributed by atoms with Crippen LogP contribution < -0.4 is 10.1 Å². The van der Waals surface area contributed by atoms with Crippen LogP contribution in [-0.4, -0.2) is 36.7 Å². The van der Waals surface area contributed by atoms with Crippen LogP contribution in [0.1, 0.15) is 38.2 Å². The Morgan fingerprint density at radius 3 is 2.74 bits per heavy atom. The maximum atomic E-state index is 12.2. The summed E-state index contributed by atoms with van der Waals surface area (Å²) in [4.78, 5) is 14.2. The molecule has 2 amide bonds. The molecule has 2 rings (SSSR count). The predicted molar refractivity (Wildman–Crippen MR) is 84.8 cm³/mol. The number of ether oxygens (including phenoxy) is 1. The second-order valence-corrected chi connectivity index (χ2v) is 5.76. The quantitative estimate of drug-likeness (QED) is 0.864.